The van der Waals surface area contributed by atoms with E-state index in [0.29, 0.717) is 18.7 Å². The molecule has 5 nitrogen and oxygen atoms in total. The summed E-state index contributed by atoms with van der Waals surface area (Å²) < 4.78 is 27.3. The van der Waals surface area contributed by atoms with Crippen molar-refractivity contribution in [2.75, 3.05) is 13.1 Å². The lowest BCUT2D eigenvalue weighted by molar-refractivity contribution is 0.0939. The summed E-state index contributed by atoms with van der Waals surface area (Å²) in [5.41, 5.74) is 1.39. The van der Waals surface area contributed by atoms with Crippen LogP contribution in [-0.2, 0) is 10.0 Å². The van der Waals surface area contributed by atoms with E-state index in [9.17, 15) is 13.2 Å². The van der Waals surface area contributed by atoms with Crippen molar-refractivity contribution in [3.05, 3.63) is 64.1 Å². The second-order valence-corrected chi connectivity index (χ2v) is 8.62. The molecule has 0 spiro atoms. The van der Waals surface area contributed by atoms with E-state index in [4.69, 9.17) is 0 Å². The highest BCUT2D eigenvalue weighted by molar-refractivity contribution is 9.10. The van der Waals surface area contributed by atoms with E-state index in [1.54, 1.807) is 26.0 Å². The third kappa shape index (κ3) is 4.52. The Balaban J connectivity index is 2.15. The van der Waals surface area contributed by atoms with Gasteiger partial charge >= 0.3 is 0 Å². The number of carbonyl (C=O) groups excluding carboxylic acids is 1. The summed E-state index contributed by atoms with van der Waals surface area (Å²) in [6.07, 6.45) is 0. The molecule has 0 aromatic heterocycles. The van der Waals surface area contributed by atoms with Crippen molar-refractivity contribution in [2.45, 2.75) is 31.7 Å². The van der Waals surface area contributed by atoms with E-state index in [1.807, 2.05) is 31.2 Å². The predicted molar refractivity (Wildman–Crippen MR) is 107 cm³/mol. The summed E-state index contributed by atoms with van der Waals surface area (Å²) in [4.78, 5) is 12.7. The van der Waals surface area contributed by atoms with E-state index in [-0.39, 0.29) is 16.8 Å². The molecule has 0 aliphatic rings. The molecule has 26 heavy (non-hydrogen) atoms. The van der Waals surface area contributed by atoms with Crippen LogP contribution in [0.1, 0.15) is 42.7 Å². The lowest BCUT2D eigenvalue weighted by Gasteiger charge is -2.19. The highest BCUT2D eigenvalue weighted by Crippen LogP contribution is 2.23. The minimum atomic E-state index is -3.52. The molecular formula is C19H23BrN2O3S. The van der Waals surface area contributed by atoms with Gasteiger partial charge in [0.25, 0.3) is 5.91 Å². The van der Waals surface area contributed by atoms with Gasteiger partial charge in [0.15, 0.2) is 0 Å². The topological polar surface area (TPSA) is 66.5 Å². The van der Waals surface area contributed by atoms with Gasteiger partial charge < -0.3 is 5.32 Å². The molecular weight excluding hydrogens is 416 g/mol. The van der Waals surface area contributed by atoms with Crippen molar-refractivity contribution in [2.24, 2.45) is 0 Å². The summed E-state index contributed by atoms with van der Waals surface area (Å²) in [7, 11) is -3.52. The van der Waals surface area contributed by atoms with Crippen molar-refractivity contribution in [3.8, 4) is 0 Å². The number of nitrogens with one attached hydrogen (secondary N) is 1. The van der Waals surface area contributed by atoms with E-state index in [0.717, 1.165) is 10.0 Å². The van der Waals surface area contributed by atoms with Crippen LogP contribution in [0, 0.1) is 0 Å². The van der Waals surface area contributed by atoms with Gasteiger partial charge in [-0.25, -0.2) is 8.42 Å². The van der Waals surface area contributed by atoms with Crippen molar-refractivity contribution in [3.63, 3.8) is 0 Å². The highest BCUT2D eigenvalue weighted by atomic mass is 79.9. The van der Waals surface area contributed by atoms with Crippen LogP contribution in [0.25, 0.3) is 0 Å². The Bertz CT molecular complexity index is 863. The molecule has 2 aromatic rings. The third-order valence-corrected chi connectivity index (χ3v) is 6.97. The van der Waals surface area contributed by atoms with Gasteiger partial charge in [-0.2, -0.15) is 4.31 Å². The van der Waals surface area contributed by atoms with Crippen molar-refractivity contribution >= 4 is 31.9 Å². The summed E-state index contributed by atoms with van der Waals surface area (Å²) >= 11 is 3.48. The first-order chi connectivity index (χ1) is 12.3. The van der Waals surface area contributed by atoms with Crippen molar-refractivity contribution in [1.29, 1.82) is 0 Å². The number of carbonyl (C=O) groups is 1. The maximum atomic E-state index is 12.5. The maximum Gasteiger partial charge on any atom is 0.251 e. The standard InChI is InChI=1S/C19H23BrN2O3S/c1-4-22(5-2)26(24,25)16-12-10-15(11-13-16)19(23)21-14(3)17-8-6-7-9-18(17)20/h6-14H,4-5H2,1-3H3,(H,21,23). The van der Waals surface area contributed by atoms with Gasteiger partial charge in [-0.1, -0.05) is 48.0 Å². The first-order valence-corrected chi connectivity index (χ1v) is 10.7. The second kappa shape index (κ2) is 8.79. The van der Waals surface area contributed by atoms with Gasteiger partial charge in [0, 0.05) is 23.1 Å². The highest BCUT2D eigenvalue weighted by Gasteiger charge is 2.22. The fourth-order valence-corrected chi connectivity index (χ4v) is 4.76. The number of halogens is 1. The fraction of sp³-hybridized carbons (Fsp3) is 0.316. The van der Waals surface area contributed by atoms with Gasteiger partial charge in [0.2, 0.25) is 10.0 Å². The fourth-order valence-electron chi connectivity index (χ4n) is 2.67. The molecule has 2 aromatic carbocycles. The Labute approximate surface area is 163 Å². The molecule has 0 heterocycles. The molecule has 0 saturated heterocycles. The van der Waals surface area contributed by atoms with Gasteiger partial charge in [-0.05, 0) is 42.8 Å². The minimum absolute atomic E-state index is 0.183. The van der Waals surface area contributed by atoms with E-state index in [2.05, 4.69) is 21.2 Å². The summed E-state index contributed by atoms with van der Waals surface area (Å²) in [6.45, 7) is 6.31. The molecule has 0 bridgehead atoms. The zero-order valence-corrected chi connectivity index (χ0v) is 17.5. The molecule has 0 aliphatic heterocycles. The molecule has 0 radical (unpaired) electrons. The first kappa shape index (κ1) is 20.6. The Morgan fingerprint density at radius 1 is 1.08 bits per heavy atom. The van der Waals surface area contributed by atoms with Gasteiger partial charge in [0.05, 0.1) is 10.9 Å². The summed E-state index contributed by atoms with van der Waals surface area (Å²) in [5, 5.41) is 2.93. The van der Waals surface area contributed by atoms with Crippen LogP contribution >= 0.6 is 15.9 Å². The van der Waals surface area contributed by atoms with Crippen LogP contribution in [0.15, 0.2) is 57.9 Å². The zero-order valence-electron chi connectivity index (χ0n) is 15.1. The molecule has 140 valence electrons. The molecule has 7 heteroatoms. The number of rotatable bonds is 7. The first-order valence-electron chi connectivity index (χ1n) is 8.46. The van der Waals surface area contributed by atoms with Crippen LogP contribution in [0.5, 0.6) is 0 Å². The summed E-state index contributed by atoms with van der Waals surface area (Å²) in [5.74, 6) is -0.250. The van der Waals surface area contributed by atoms with E-state index < -0.39 is 10.0 Å². The molecule has 1 amide bonds. The van der Waals surface area contributed by atoms with Crippen LogP contribution in [0.3, 0.4) is 0 Å². The Hall–Kier alpha value is -1.70. The Kier molecular flexibility index (Phi) is 6.97. The van der Waals surface area contributed by atoms with Crippen molar-refractivity contribution < 1.29 is 13.2 Å². The lowest BCUT2D eigenvalue weighted by Crippen LogP contribution is -2.30. The molecule has 0 saturated carbocycles. The SMILES string of the molecule is CCN(CC)S(=O)(=O)c1ccc(C(=O)NC(C)c2ccccc2Br)cc1. The zero-order chi connectivity index (χ0) is 19.3. The number of benzene rings is 2. The number of hydrogen-bond donors (Lipinski definition) is 1. The van der Waals surface area contributed by atoms with Gasteiger partial charge in [-0.3, -0.25) is 4.79 Å². The van der Waals surface area contributed by atoms with Gasteiger partial charge in [0.1, 0.15) is 0 Å². The quantitative estimate of drug-likeness (QED) is 0.710. The van der Waals surface area contributed by atoms with Crippen LogP contribution in [0.4, 0.5) is 0 Å². The maximum absolute atomic E-state index is 12.5. The molecule has 1 N–H and O–H groups in total. The van der Waals surface area contributed by atoms with Crippen LogP contribution in [0.2, 0.25) is 0 Å². The Morgan fingerprint density at radius 2 is 1.65 bits per heavy atom. The molecule has 0 aliphatic carbocycles. The number of hydrogen-bond acceptors (Lipinski definition) is 3. The molecule has 2 rings (SSSR count). The largest absolute Gasteiger partial charge is 0.345 e. The Morgan fingerprint density at radius 3 is 2.19 bits per heavy atom. The number of nitrogens with zero attached hydrogens (tertiary/aromatic N) is 1. The van der Waals surface area contributed by atoms with E-state index in [1.165, 1.54) is 16.4 Å². The van der Waals surface area contributed by atoms with Crippen LogP contribution < -0.4 is 5.32 Å². The average Bonchev–Trinajstić information content (AvgIpc) is 2.62. The lowest BCUT2D eigenvalue weighted by atomic mass is 10.1. The number of sulfonamides is 1. The van der Waals surface area contributed by atoms with Crippen LogP contribution in [-0.4, -0.2) is 31.7 Å². The minimum Gasteiger partial charge on any atom is -0.345 e. The van der Waals surface area contributed by atoms with Crippen molar-refractivity contribution in [1.82, 2.24) is 9.62 Å². The molecule has 0 fully saturated rings. The monoisotopic (exact) mass is 438 g/mol. The smallest absolute Gasteiger partial charge is 0.251 e. The summed E-state index contributed by atoms with van der Waals surface area (Å²) in [6, 6.07) is 13.5. The third-order valence-electron chi connectivity index (χ3n) is 4.18. The predicted octanol–water partition coefficient (Wildman–Crippen LogP) is 3.97. The van der Waals surface area contributed by atoms with E-state index >= 15 is 0 Å². The number of amides is 1. The normalized spacial score (nSPS) is 12.8. The average molecular weight is 439 g/mol. The molecule has 1 atom stereocenters. The second-order valence-electron chi connectivity index (χ2n) is 5.83. The molecule has 1 unspecified atom stereocenters. The van der Waals surface area contributed by atoms with Gasteiger partial charge in [-0.15, -0.1) is 0 Å².